The van der Waals surface area contributed by atoms with Crippen molar-refractivity contribution in [3.05, 3.63) is 59.2 Å². The first kappa shape index (κ1) is 22.7. The molecule has 4 rings (SSSR count). The summed E-state index contributed by atoms with van der Waals surface area (Å²) in [6, 6.07) is 7.81. The lowest BCUT2D eigenvalue weighted by Crippen LogP contribution is -2.42. The van der Waals surface area contributed by atoms with Crippen molar-refractivity contribution in [3.63, 3.8) is 0 Å². The van der Waals surface area contributed by atoms with Crippen LogP contribution in [0, 0.1) is 20.8 Å². The molecule has 0 bridgehead atoms. The van der Waals surface area contributed by atoms with Crippen LogP contribution in [-0.4, -0.2) is 51.7 Å². The minimum Gasteiger partial charge on any atom is -0.470 e. The molecule has 1 aliphatic rings. The van der Waals surface area contributed by atoms with Gasteiger partial charge < -0.3 is 19.3 Å². The number of hydrogen-bond donors (Lipinski definition) is 1. The number of hydrogen-bond acceptors (Lipinski definition) is 8. The highest BCUT2D eigenvalue weighted by Crippen LogP contribution is 2.26. The Labute approximate surface area is 193 Å². The molecule has 2 aromatic heterocycles. The summed E-state index contributed by atoms with van der Waals surface area (Å²) in [4.78, 5) is 23.2. The van der Waals surface area contributed by atoms with Crippen LogP contribution in [-0.2, 0) is 11.4 Å². The van der Waals surface area contributed by atoms with E-state index in [1.807, 2.05) is 45.0 Å². The number of carbonyl (C=O) groups excluding carboxylic acids is 1. The van der Waals surface area contributed by atoms with Gasteiger partial charge in [0.25, 0.3) is 11.8 Å². The van der Waals surface area contributed by atoms with Crippen LogP contribution in [0.15, 0.2) is 41.2 Å². The SMILES string of the molecule is Cc1cc(COc2nccnc2OC2CCN(CC(=O)Nc3c(C)cccc3C)CC2)no1. The predicted molar refractivity (Wildman–Crippen MR) is 122 cm³/mol. The van der Waals surface area contributed by atoms with Crippen molar-refractivity contribution in [2.75, 3.05) is 25.0 Å². The van der Waals surface area contributed by atoms with Crippen LogP contribution in [0.3, 0.4) is 0 Å². The molecule has 0 atom stereocenters. The summed E-state index contributed by atoms with van der Waals surface area (Å²) in [5, 5.41) is 6.97. The maximum absolute atomic E-state index is 12.6. The van der Waals surface area contributed by atoms with Gasteiger partial charge in [0.05, 0.1) is 6.54 Å². The van der Waals surface area contributed by atoms with E-state index in [9.17, 15) is 4.79 Å². The Morgan fingerprint density at radius 3 is 2.48 bits per heavy atom. The minimum absolute atomic E-state index is 0.000487. The Morgan fingerprint density at radius 2 is 1.82 bits per heavy atom. The molecule has 3 heterocycles. The molecule has 0 saturated carbocycles. The average Bonchev–Trinajstić information content (AvgIpc) is 3.22. The van der Waals surface area contributed by atoms with Gasteiger partial charge in [-0.3, -0.25) is 9.69 Å². The molecule has 3 aromatic rings. The molecule has 0 spiro atoms. The van der Waals surface area contributed by atoms with Crippen LogP contribution in [0.25, 0.3) is 0 Å². The van der Waals surface area contributed by atoms with Gasteiger partial charge in [-0.05, 0) is 44.7 Å². The van der Waals surface area contributed by atoms with E-state index < -0.39 is 0 Å². The molecule has 0 unspecified atom stereocenters. The van der Waals surface area contributed by atoms with Crippen molar-refractivity contribution < 1.29 is 18.8 Å². The Bertz CT molecular complexity index is 1070. The molecule has 1 N–H and O–H groups in total. The van der Waals surface area contributed by atoms with E-state index in [1.165, 1.54) is 0 Å². The van der Waals surface area contributed by atoms with Crippen LogP contribution < -0.4 is 14.8 Å². The third-order valence-electron chi connectivity index (χ3n) is 5.59. The molecule has 9 nitrogen and oxygen atoms in total. The fourth-order valence-corrected chi connectivity index (χ4v) is 3.86. The van der Waals surface area contributed by atoms with Crippen LogP contribution in [0.5, 0.6) is 11.8 Å². The third kappa shape index (κ3) is 6.07. The van der Waals surface area contributed by atoms with Gasteiger partial charge in [0, 0.05) is 37.2 Å². The number of benzene rings is 1. The van der Waals surface area contributed by atoms with E-state index in [0.717, 1.165) is 48.5 Å². The van der Waals surface area contributed by atoms with Crippen molar-refractivity contribution in [1.82, 2.24) is 20.0 Å². The summed E-state index contributed by atoms with van der Waals surface area (Å²) in [5.41, 5.74) is 3.71. The zero-order valence-corrected chi connectivity index (χ0v) is 19.2. The second kappa shape index (κ2) is 10.4. The number of aromatic nitrogens is 3. The first-order valence-corrected chi connectivity index (χ1v) is 11.1. The first-order chi connectivity index (χ1) is 16.0. The maximum atomic E-state index is 12.6. The van der Waals surface area contributed by atoms with Crippen molar-refractivity contribution in [1.29, 1.82) is 0 Å². The van der Waals surface area contributed by atoms with Crippen molar-refractivity contribution in [3.8, 4) is 11.8 Å². The monoisotopic (exact) mass is 451 g/mol. The standard InChI is InChI=1S/C24H29N5O4/c1-16-5-4-6-17(2)22(16)27-21(30)14-29-11-7-20(8-12-29)32-24-23(25-9-10-26-24)31-15-19-13-18(3)33-28-19/h4-6,9-10,13,20H,7-8,11-12,14-15H2,1-3H3,(H,27,30). The smallest absolute Gasteiger partial charge is 0.278 e. The molecule has 1 saturated heterocycles. The largest absolute Gasteiger partial charge is 0.470 e. The van der Waals surface area contributed by atoms with Crippen LogP contribution in [0.2, 0.25) is 0 Å². The number of anilines is 1. The van der Waals surface area contributed by atoms with Crippen molar-refractivity contribution >= 4 is 11.6 Å². The van der Waals surface area contributed by atoms with E-state index in [4.69, 9.17) is 14.0 Å². The Hall–Kier alpha value is -3.46. The van der Waals surface area contributed by atoms with E-state index >= 15 is 0 Å². The number of rotatable bonds is 8. The number of nitrogens with zero attached hydrogens (tertiary/aromatic N) is 4. The van der Waals surface area contributed by atoms with Gasteiger partial charge in [-0.2, -0.15) is 0 Å². The Morgan fingerprint density at radius 1 is 1.12 bits per heavy atom. The number of amides is 1. The zero-order valence-electron chi connectivity index (χ0n) is 19.2. The second-order valence-corrected chi connectivity index (χ2v) is 8.29. The maximum Gasteiger partial charge on any atom is 0.278 e. The average molecular weight is 452 g/mol. The van der Waals surface area contributed by atoms with E-state index in [2.05, 4.69) is 25.3 Å². The highest BCUT2D eigenvalue weighted by molar-refractivity contribution is 5.93. The van der Waals surface area contributed by atoms with E-state index in [1.54, 1.807) is 12.4 Å². The van der Waals surface area contributed by atoms with Crippen molar-refractivity contribution in [2.24, 2.45) is 0 Å². The first-order valence-electron chi connectivity index (χ1n) is 11.1. The molecule has 33 heavy (non-hydrogen) atoms. The van der Waals surface area contributed by atoms with Crippen LogP contribution in [0.4, 0.5) is 5.69 Å². The van der Waals surface area contributed by atoms with Gasteiger partial charge >= 0.3 is 0 Å². The lowest BCUT2D eigenvalue weighted by Gasteiger charge is -2.31. The highest BCUT2D eigenvalue weighted by Gasteiger charge is 2.24. The molecular weight excluding hydrogens is 422 g/mol. The Kier molecular flexibility index (Phi) is 7.19. The minimum atomic E-state index is -0.0173. The summed E-state index contributed by atoms with van der Waals surface area (Å²) in [6.45, 7) is 7.94. The predicted octanol–water partition coefficient (Wildman–Crippen LogP) is 3.45. The number of likely N-dealkylation sites (tertiary alicyclic amines) is 1. The van der Waals surface area contributed by atoms with Crippen molar-refractivity contribution in [2.45, 2.75) is 46.3 Å². The molecule has 0 radical (unpaired) electrons. The third-order valence-corrected chi connectivity index (χ3v) is 5.59. The van der Waals surface area contributed by atoms with E-state index in [0.29, 0.717) is 24.0 Å². The number of aryl methyl sites for hydroxylation is 3. The number of nitrogens with one attached hydrogen (secondary N) is 1. The molecule has 174 valence electrons. The highest BCUT2D eigenvalue weighted by atomic mass is 16.5. The fraction of sp³-hybridized carbons (Fsp3) is 0.417. The molecule has 1 amide bonds. The lowest BCUT2D eigenvalue weighted by molar-refractivity contribution is -0.117. The number of piperidine rings is 1. The Balaban J connectivity index is 1.26. The topological polar surface area (TPSA) is 103 Å². The lowest BCUT2D eigenvalue weighted by atomic mass is 10.1. The molecular formula is C24H29N5O4. The van der Waals surface area contributed by atoms with Gasteiger partial charge in [-0.1, -0.05) is 23.4 Å². The summed E-state index contributed by atoms with van der Waals surface area (Å²) in [7, 11) is 0. The summed E-state index contributed by atoms with van der Waals surface area (Å²) in [6.07, 6.45) is 4.70. The molecule has 9 heteroatoms. The normalized spacial score (nSPS) is 14.8. The molecule has 0 aliphatic carbocycles. The quantitative estimate of drug-likeness (QED) is 0.556. The van der Waals surface area contributed by atoms with Gasteiger partial charge in [0.1, 0.15) is 24.2 Å². The van der Waals surface area contributed by atoms with Gasteiger partial charge in [0.15, 0.2) is 0 Å². The summed E-state index contributed by atoms with van der Waals surface area (Å²) < 4.78 is 16.9. The number of carbonyl (C=O) groups is 1. The van der Waals surface area contributed by atoms with Gasteiger partial charge in [0.2, 0.25) is 5.91 Å². The van der Waals surface area contributed by atoms with Gasteiger partial charge in [-0.25, -0.2) is 9.97 Å². The summed E-state index contributed by atoms with van der Waals surface area (Å²) >= 11 is 0. The van der Waals surface area contributed by atoms with Crippen LogP contribution >= 0.6 is 0 Å². The molecule has 1 aliphatic heterocycles. The van der Waals surface area contributed by atoms with Crippen LogP contribution in [0.1, 0.15) is 35.4 Å². The second-order valence-electron chi connectivity index (χ2n) is 8.29. The molecule has 1 fully saturated rings. The number of ether oxygens (including phenoxy) is 2. The van der Waals surface area contributed by atoms with Gasteiger partial charge in [-0.15, -0.1) is 0 Å². The fourth-order valence-electron chi connectivity index (χ4n) is 3.86. The number of para-hydroxylation sites is 1. The molecule has 1 aromatic carbocycles. The zero-order chi connectivity index (χ0) is 23.2. The summed E-state index contributed by atoms with van der Waals surface area (Å²) in [5.74, 6) is 1.41. The van der Waals surface area contributed by atoms with E-state index in [-0.39, 0.29) is 18.6 Å².